The Labute approximate surface area is 154 Å². The molecule has 0 unspecified atom stereocenters. The van der Waals surface area contributed by atoms with Gasteiger partial charge in [0, 0.05) is 35.3 Å². The van der Waals surface area contributed by atoms with Gasteiger partial charge in [0.25, 0.3) is 0 Å². The van der Waals surface area contributed by atoms with E-state index in [0.717, 1.165) is 34.4 Å². The first-order valence-corrected chi connectivity index (χ1v) is 9.31. The van der Waals surface area contributed by atoms with Gasteiger partial charge in [-0.1, -0.05) is 30.0 Å². The van der Waals surface area contributed by atoms with Crippen molar-refractivity contribution >= 4 is 35.0 Å². The third-order valence-electron chi connectivity index (χ3n) is 3.96. The molecule has 24 heavy (non-hydrogen) atoms. The molecule has 7 heteroatoms. The van der Waals surface area contributed by atoms with E-state index in [1.165, 1.54) is 0 Å². The molecule has 0 radical (unpaired) electrons. The standard InChI is InChI=1S/C17H14Cl2N4S/c18-17(19)10-13(17)11-24-16-22-21-15(12-6-8-20-9-7-12)23(16)14-4-2-1-3-5-14/h1-9,13H,10-11H2/t13-/m0/s1. The summed E-state index contributed by atoms with van der Waals surface area (Å²) >= 11 is 13.9. The first kappa shape index (κ1) is 15.9. The van der Waals surface area contributed by atoms with E-state index < -0.39 is 4.33 Å². The highest BCUT2D eigenvalue weighted by Gasteiger charge is 2.51. The van der Waals surface area contributed by atoms with Gasteiger partial charge in [0.1, 0.15) is 4.33 Å². The fourth-order valence-corrected chi connectivity index (χ4v) is 4.37. The predicted molar refractivity (Wildman–Crippen MR) is 97.9 cm³/mol. The minimum absolute atomic E-state index is 0.302. The van der Waals surface area contributed by atoms with Gasteiger partial charge >= 0.3 is 0 Å². The molecule has 0 bridgehead atoms. The molecule has 1 fully saturated rings. The van der Waals surface area contributed by atoms with Gasteiger partial charge in [-0.25, -0.2) is 0 Å². The number of para-hydroxylation sites is 1. The van der Waals surface area contributed by atoms with Gasteiger partial charge in [-0.2, -0.15) is 0 Å². The van der Waals surface area contributed by atoms with Crippen LogP contribution < -0.4 is 0 Å². The van der Waals surface area contributed by atoms with Crippen molar-refractivity contribution in [2.24, 2.45) is 5.92 Å². The number of hydrogen-bond donors (Lipinski definition) is 0. The quantitative estimate of drug-likeness (QED) is 0.481. The van der Waals surface area contributed by atoms with E-state index in [1.807, 2.05) is 42.5 Å². The summed E-state index contributed by atoms with van der Waals surface area (Å²) in [5.41, 5.74) is 2.00. The smallest absolute Gasteiger partial charge is 0.196 e. The normalized spacial score (nSPS) is 18.5. The van der Waals surface area contributed by atoms with Crippen LogP contribution in [0.4, 0.5) is 0 Å². The number of benzene rings is 1. The van der Waals surface area contributed by atoms with Crippen molar-refractivity contribution in [2.45, 2.75) is 15.9 Å². The first-order valence-electron chi connectivity index (χ1n) is 7.57. The molecule has 0 aliphatic heterocycles. The summed E-state index contributed by atoms with van der Waals surface area (Å²) in [7, 11) is 0. The molecule has 0 N–H and O–H groups in total. The van der Waals surface area contributed by atoms with Crippen molar-refractivity contribution in [3.63, 3.8) is 0 Å². The summed E-state index contributed by atoms with van der Waals surface area (Å²) in [6, 6.07) is 14.0. The molecule has 2 heterocycles. The molecule has 1 aromatic carbocycles. The molecule has 4 nitrogen and oxygen atoms in total. The van der Waals surface area contributed by atoms with Gasteiger partial charge in [0.05, 0.1) is 0 Å². The summed E-state index contributed by atoms with van der Waals surface area (Å²) in [5.74, 6) is 1.93. The fourth-order valence-electron chi connectivity index (χ4n) is 2.49. The predicted octanol–water partition coefficient (Wildman–Crippen LogP) is 4.62. The molecule has 122 valence electrons. The highest BCUT2D eigenvalue weighted by Crippen LogP contribution is 2.54. The van der Waals surface area contributed by atoms with Crippen LogP contribution >= 0.6 is 35.0 Å². The van der Waals surface area contributed by atoms with Crippen LogP contribution in [0.25, 0.3) is 17.1 Å². The van der Waals surface area contributed by atoms with Crippen molar-refractivity contribution in [1.29, 1.82) is 0 Å². The van der Waals surface area contributed by atoms with Gasteiger partial charge in [0.15, 0.2) is 11.0 Å². The maximum absolute atomic E-state index is 6.13. The number of thioether (sulfide) groups is 1. The fraction of sp³-hybridized carbons (Fsp3) is 0.235. The molecule has 1 saturated carbocycles. The zero-order valence-corrected chi connectivity index (χ0v) is 15.0. The summed E-state index contributed by atoms with van der Waals surface area (Å²) in [6.07, 6.45) is 4.34. The average Bonchev–Trinajstić information content (AvgIpc) is 3.04. The van der Waals surface area contributed by atoms with E-state index >= 15 is 0 Å². The number of nitrogens with zero attached hydrogens (tertiary/aromatic N) is 4. The summed E-state index contributed by atoms with van der Waals surface area (Å²) in [4.78, 5) is 4.07. The lowest BCUT2D eigenvalue weighted by Crippen LogP contribution is -2.01. The van der Waals surface area contributed by atoms with Crippen LogP contribution in [0, 0.1) is 5.92 Å². The molecular formula is C17H14Cl2N4S. The van der Waals surface area contributed by atoms with Gasteiger partial charge in [0.2, 0.25) is 0 Å². The zero-order valence-electron chi connectivity index (χ0n) is 12.6. The minimum atomic E-state index is -0.571. The minimum Gasteiger partial charge on any atom is -0.270 e. The molecular weight excluding hydrogens is 363 g/mol. The number of alkyl halides is 2. The van der Waals surface area contributed by atoms with Gasteiger partial charge in [-0.3, -0.25) is 9.55 Å². The van der Waals surface area contributed by atoms with Gasteiger partial charge in [-0.15, -0.1) is 33.4 Å². The highest BCUT2D eigenvalue weighted by atomic mass is 35.5. The monoisotopic (exact) mass is 376 g/mol. The van der Waals surface area contributed by atoms with Crippen LogP contribution in [-0.4, -0.2) is 29.8 Å². The van der Waals surface area contributed by atoms with Crippen LogP contribution in [0.15, 0.2) is 60.0 Å². The maximum Gasteiger partial charge on any atom is 0.196 e. The Hall–Kier alpha value is -1.56. The Morgan fingerprint density at radius 2 is 1.79 bits per heavy atom. The summed E-state index contributed by atoms with van der Waals surface area (Å²) in [6.45, 7) is 0. The third kappa shape index (κ3) is 3.16. The van der Waals surface area contributed by atoms with Crippen LogP contribution in [0.1, 0.15) is 6.42 Å². The second-order valence-electron chi connectivity index (χ2n) is 5.69. The Bertz CT molecular complexity index is 836. The molecule has 1 atom stereocenters. The molecule has 4 rings (SSSR count). The lowest BCUT2D eigenvalue weighted by atomic mass is 10.2. The van der Waals surface area contributed by atoms with Crippen molar-refractivity contribution in [3.05, 3.63) is 54.9 Å². The lowest BCUT2D eigenvalue weighted by molar-refractivity contribution is 0.877. The maximum atomic E-state index is 6.13. The Balaban J connectivity index is 1.70. The molecule has 0 spiro atoms. The van der Waals surface area contributed by atoms with Crippen LogP contribution in [0.5, 0.6) is 0 Å². The number of pyridine rings is 1. The Morgan fingerprint density at radius 1 is 1.08 bits per heavy atom. The highest BCUT2D eigenvalue weighted by molar-refractivity contribution is 7.99. The molecule has 3 aromatic rings. The number of aromatic nitrogens is 4. The second-order valence-corrected chi connectivity index (χ2v) is 8.22. The first-order chi connectivity index (χ1) is 11.6. The SMILES string of the molecule is ClC1(Cl)C[C@H]1CSc1nnc(-c2ccncc2)n1-c1ccccc1. The topological polar surface area (TPSA) is 43.6 Å². The molecule has 1 aliphatic carbocycles. The van der Waals surface area contributed by atoms with Crippen LogP contribution in [-0.2, 0) is 0 Å². The summed E-state index contributed by atoms with van der Waals surface area (Å²) < 4.78 is 1.49. The Morgan fingerprint density at radius 3 is 2.46 bits per heavy atom. The van der Waals surface area contributed by atoms with Crippen LogP contribution in [0.2, 0.25) is 0 Å². The molecule has 0 amide bonds. The van der Waals surface area contributed by atoms with Crippen molar-refractivity contribution in [2.75, 3.05) is 5.75 Å². The van der Waals surface area contributed by atoms with Crippen molar-refractivity contribution in [3.8, 4) is 17.1 Å². The average molecular weight is 377 g/mol. The Kier molecular flexibility index (Phi) is 4.24. The largest absolute Gasteiger partial charge is 0.270 e. The van der Waals surface area contributed by atoms with Crippen LogP contribution in [0.3, 0.4) is 0 Å². The number of rotatable bonds is 5. The summed E-state index contributed by atoms with van der Waals surface area (Å²) in [5, 5.41) is 9.62. The zero-order chi connectivity index (χ0) is 16.6. The van der Waals surface area contributed by atoms with Crippen molar-refractivity contribution in [1.82, 2.24) is 19.7 Å². The van der Waals surface area contributed by atoms with E-state index in [1.54, 1.807) is 24.2 Å². The van der Waals surface area contributed by atoms with E-state index in [0.29, 0.717) is 5.92 Å². The van der Waals surface area contributed by atoms with Gasteiger partial charge in [-0.05, 0) is 30.7 Å². The molecule has 2 aromatic heterocycles. The van der Waals surface area contributed by atoms with E-state index in [9.17, 15) is 0 Å². The lowest BCUT2D eigenvalue weighted by Gasteiger charge is -2.10. The molecule has 0 saturated heterocycles. The van der Waals surface area contributed by atoms with E-state index in [2.05, 4.69) is 19.7 Å². The number of hydrogen-bond acceptors (Lipinski definition) is 4. The van der Waals surface area contributed by atoms with E-state index in [-0.39, 0.29) is 0 Å². The third-order valence-corrected chi connectivity index (χ3v) is 5.97. The second kappa shape index (κ2) is 6.39. The van der Waals surface area contributed by atoms with E-state index in [4.69, 9.17) is 23.2 Å². The molecule has 1 aliphatic rings. The van der Waals surface area contributed by atoms with Crippen molar-refractivity contribution < 1.29 is 0 Å². The van der Waals surface area contributed by atoms with Gasteiger partial charge < -0.3 is 0 Å². The number of halogens is 2.